The van der Waals surface area contributed by atoms with Crippen LogP contribution in [-0.2, 0) is 11.3 Å². The molecule has 37 heavy (non-hydrogen) atoms. The number of nitrogens with zero attached hydrogens (tertiary/aromatic N) is 2. The molecule has 4 aromatic rings. The second-order valence-corrected chi connectivity index (χ2v) is 9.22. The molecule has 3 aromatic carbocycles. The Morgan fingerprint density at radius 1 is 1.03 bits per heavy atom. The van der Waals surface area contributed by atoms with Gasteiger partial charge in [0.1, 0.15) is 29.5 Å². The summed E-state index contributed by atoms with van der Waals surface area (Å²) in [6, 6.07) is 24.6. The number of hydrogen-bond donors (Lipinski definition) is 2. The molecule has 2 aliphatic heterocycles. The lowest BCUT2D eigenvalue weighted by Crippen LogP contribution is -2.36. The highest BCUT2D eigenvalue weighted by molar-refractivity contribution is 6.00. The Morgan fingerprint density at radius 2 is 1.78 bits per heavy atom. The van der Waals surface area contributed by atoms with E-state index in [1.165, 1.54) is 0 Å². The number of aromatic amines is 1. The molecule has 0 saturated carbocycles. The van der Waals surface area contributed by atoms with Crippen molar-refractivity contribution in [2.45, 2.75) is 31.6 Å². The molecule has 0 radical (unpaired) electrons. The molecule has 2 unspecified atom stereocenters. The van der Waals surface area contributed by atoms with Gasteiger partial charge in [0.15, 0.2) is 0 Å². The van der Waals surface area contributed by atoms with Crippen molar-refractivity contribution in [3.8, 4) is 22.8 Å². The summed E-state index contributed by atoms with van der Waals surface area (Å²) in [4.78, 5) is 15.4. The molecule has 1 saturated heterocycles. The monoisotopic (exact) mass is 517 g/mol. The number of aromatic nitrogens is 2. The van der Waals surface area contributed by atoms with Crippen LogP contribution in [0.3, 0.4) is 0 Å². The van der Waals surface area contributed by atoms with Crippen LogP contribution < -0.4 is 4.74 Å². The lowest BCUT2D eigenvalue weighted by molar-refractivity contribution is 0.0495. The summed E-state index contributed by atoms with van der Waals surface area (Å²) in [6.45, 7) is 1.70. The molecule has 1 aromatic heterocycles. The maximum atomic E-state index is 13.5. The first-order valence-electron chi connectivity index (χ1n) is 12.2. The van der Waals surface area contributed by atoms with Crippen LogP contribution in [0.2, 0.25) is 0 Å². The summed E-state index contributed by atoms with van der Waals surface area (Å²) in [7, 11) is 0. The van der Waals surface area contributed by atoms with Crippen LogP contribution in [0.5, 0.6) is 11.5 Å². The number of rotatable bonds is 7. The molecule has 190 valence electrons. The van der Waals surface area contributed by atoms with Crippen LogP contribution in [0.25, 0.3) is 11.3 Å². The van der Waals surface area contributed by atoms with Gasteiger partial charge in [0, 0.05) is 24.3 Å². The number of halogens is 1. The van der Waals surface area contributed by atoms with Gasteiger partial charge in [0.2, 0.25) is 0 Å². The van der Waals surface area contributed by atoms with E-state index in [2.05, 4.69) is 10.2 Å². The van der Waals surface area contributed by atoms with Gasteiger partial charge in [-0.15, -0.1) is 12.4 Å². The zero-order valence-corrected chi connectivity index (χ0v) is 21.0. The summed E-state index contributed by atoms with van der Waals surface area (Å²) in [5.41, 5.74) is 4.46. The normalized spacial score (nSPS) is 18.5. The lowest BCUT2D eigenvalue weighted by Gasteiger charge is -2.28. The number of fused-ring (bicyclic) bond motifs is 1. The van der Waals surface area contributed by atoms with Crippen LogP contribution in [0.15, 0.2) is 78.9 Å². The highest BCUT2D eigenvalue weighted by Crippen LogP contribution is 2.45. The van der Waals surface area contributed by atoms with E-state index in [4.69, 9.17) is 9.47 Å². The molecular weight excluding hydrogens is 490 g/mol. The van der Waals surface area contributed by atoms with E-state index in [1.54, 1.807) is 12.1 Å². The minimum Gasteiger partial charge on any atom is -0.507 e. The molecule has 0 aliphatic carbocycles. The average Bonchev–Trinajstić information content (AvgIpc) is 3.64. The average molecular weight is 518 g/mol. The molecule has 1 amide bonds. The van der Waals surface area contributed by atoms with Crippen molar-refractivity contribution in [1.29, 1.82) is 0 Å². The Bertz CT molecular complexity index is 1370. The fourth-order valence-corrected chi connectivity index (χ4v) is 5.11. The summed E-state index contributed by atoms with van der Waals surface area (Å²) in [5, 5.41) is 17.9. The zero-order valence-electron chi connectivity index (χ0n) is 20.2. The summed E-state index contributed by atoms with van der Waals surface area (Å²) in [5.74, 6) is 0.773. The van der Waals surface area contributed by atoms with Crippen LogP contribution in [-0.4, -0.2) is 45.4 Å². The Balaban J connectivity index is 0.00000280. The Kier molecular flexibility index (Phi) is 7.17. The molecule has 3 heterocycles. The number of para-hydroxylation sites is 1. The van der Waals surface area contributed by atoms with Gasteiger partial charge in [-0.3, -0.25) is 9.89 Å². The Morgan fingerprint density at radius 3 is 2.51 bits per heavy atom. The zero-order chi connectivity index (χ0) is 24.5. The predicted octanol–water partition coefficient (Wildman–Crippen LogP) is 5.51. The second kappa shape index (κ2) is 10.7. The van der Waals surface area contributed by atoms with Crippen molar-refractivity contribution in [3.05, 3.63) is 101 Å². The van der Waals surface area contributed by atoms with Crippen molar-refractivity contribution >= 4 is 18.3 Å². The third-order valence-corrected chi connectivity index (χ3v) is 6.89. The molecule has 2 atom stereocenters. The summed E-state index contributed by atoms with van der Waals surface area (Å²) >= 11 is 0. The molecule has 0 bridgehead atoms. The quantitative estimate of drug-likeness (QED) is 0.337. The largest absolute Gasteiger partial charge is 0.507 e. The number of benzene rings is 3. The van der Waals surface area contributed by atoms with Gasteiger partial charge >= 0.3 is 0 Å². The number of carbonyl (C=O) groups excluding carboxylic acids is 1. The smallest absolute Gasteiger partial charge is 0.273 e. The van der Waals surface area contributed by atoms with Gasteiger partial charge in [-0.25, -0.2) is 0 Å². The van der Waals surface area contributed by atoms with Crippen molar-refractivity contribution < 1.29 is 19.4 Å². The van der Waals surface area contributed by atoms with E-state index >= 15 is 0 Å². The maximum Gasteiger partial charge on any atom is 0.273 e. The molecule has 1 fully saturated rings. The third kappa shape index (κ3) is 4.80. The number of H-pyrrole nitrogens is 1. The number of nitrogens with one attached hydrogen (secondary N) is 1. The highest BCUT2D eigenvalue weighted by Gasteiger charge is 2.43. The van der Waals surface area contributed by atoms with E-state index in [-0.39, 0.29) is 36.2 Å². The van der Waals surface area contributed by atoms with Gasteiger partial charge in [-0.2, -0.15) is 5.10 Å². The SMILES string of the molecule is Cl.O=C1c2[nH]nc(-c3ccccc3O)c2C(c2ccc(OCc3ccccc3)cc2)N1CC1CCCO1. The maximum absolute atomic E-state index is 13.5. The molecule has 0 spiro atoms. The Hall–Kier alpha value is -3.81. The molecular formula is C29H28ClN3O4. The van der Waals surface area contributed by atoms with E-state index in [1.807, 2.05) is 71.6 Å². The van der Waals surface area contributed by atoms with Crippen molar-refractivity contribution in [3.63, 3.8) is 0 Å². The minimum absolute atomic E-state index is 0. The van der Waals surface area contributed by atoms with Crippen molar-refractivity contribution in [2.75, 3.05) is 13.2 Å². The van der Waals surface area contributed by atoms with Crippen molar-refractivity contribution in [2.24, 2.45) is 0 Å². The van der Waals surface area contributed by atoms with Crippen molar-refractivity contribution in [1.82, 2.24) is 15.1 Å². The number of phenols is 1. The molecule has 8 heteroatoms. The second-order valence-electron chi connectivity index (χ2n) is 9.22. The Labute approximate surface area is 221 Å². The van der Waals surface area contributed by atoms with Gasteiger partial charge in [-0.05, 0) is 48.2 Å². The first-order valence-corrected chi connectivity index (χ1v) is 12.2. The van der Waals surface area contributed by atoms with Crippen LogP contribution >= 0.6 is 12.4 Å². The summed E-state index contributed by atoms with van der Waals surface area (Å²) < 4.78 is 11.8. The lowest BCUT2D eigenvalue weighted by atomic mass is 9.95. The van der Waals surface area contributed by atoms with Crippen LogP contribution in [0, 0.1) is 0 Å². The van der Waals surface area contributed by atoms with Gasteiger partial charge in [0.25, 0.3) is 5.91 Å². The number of phenolic OH excluding ortho intramolecular Hbond substituents is 1. The minimum atomic E-state index is -0.353. The van der Waals surface area contributed by atoms with Crippen LogP contribution in [0.1, 0.15) is 46.1 Å². The molecule has 7 nitrogen and oxygen atoms in total. The van der Waals surface area contributed by atoms with E-state index in [9.17, 15) is 9.90 Å². The fourth-order valence-electron chi connectivity index (χ4n) is 5.11. The van der Waals surface area contributed by atoms with Gasteiger partial charge in [-0.1, -0.05) is 54.6 Å². The third-order valence-electron chi connectivity index (χ3n) is 6.89. The van der Waals surface area contributed by atoms with E-state index < -0.39 is 0 Å². The molecule has 6 rings (SSSR count). The first kappa shape index (κ1) is 24.9. The number of hydrogen-bond acceptors (Lipinski definition) is 5. The van der Waals surface area contributed by atoms with E-state index in [0.717, 1.165) is 41.9 Å². The van der Waals surface area contributed by atoms with Gasteiger partial charge < -0.3 is 19.5 Å². The molecule has 2 N–H and O–H groups in total. The first-order chi connectivity index (χ1) is 17.7. The van der Waals surface area contributed by atoms with E-state index in [0.29, 0.717) is 30.1 Å². The number of amides is 1. The summed E-state index contributed by atoms with van der Waals surface area (Å²) in [6.07, 6.45) is 1.94. The predicted molar refractivity (Wildman–Crippen MR) is 142 cm³/mol. The number of carbonyl (C=O) groups is 1. The number of aromatic hydroxyl groups is 1. The fraction of sp³-hybridized carbons (Fsp3) is 0.241. The standard InChI is InChI=1S/C29H27N3O4.ClH/c33-24-11-5-4-10-23(24)26-25-27(31-30-26)29(34)32(17-22-9-6-16-35-22)28(25)20-12-14-21(15-13-20)36-18-19-7-2-1-3-8-19;/h1-5,7-8,10-15,22,28,33H,6,9,16-18H2,(H,30,31);1H. The number of ether oxygens (including phenoxy) is 2. The topological polar surface area (TPSA) is 87.7 Å². The highest BCUT2D eigenvalue weighted by atomic mass is 35.5. The molecule has 2 aliphatic rings. The van der Waals surface area contributed by atoms with Crippen LogP contribution in [0.4, 0.5) is 0 Å². The van der Waals surface area contributed by atoms with Gasteiger partial charge in [0.05, 0.1) is 12.1 Å².